The van der Waals surface area contributed by atoms with Crippen LogP contribution in [0.3, 0.4) is 0 Å². The number of fused-ring (bicyclic) bond motifs is 2. The van der Waals surface area contributed by atoms with Crippen molar-refractivity contribution in [3.63, 3.8) is 0 Å². The van der Waals surface area contributed by atoms with Crippen LogP contribution in [0.15, 0.2) is 160 Å². The predicted octanol–water partition coefficient (Wildman–Crippen LogP) is 7.59. The van der Waals surface area contributed by atoms with E-state index in [0.717, 1.165) is 79.6 Å². The Bertz CT molecular complexity index is 2320. The van der Waals surface area contributed by atoms with Gasteiger partial charge in [-0.1, -0.05) is 104 Å². The smallest absolute Gasteiger partial charge is 0.236 e. The third-order valence-electron chi connectivity index (χ3n) is 13.3. The number of carbonyl (C=O) groups excluding carboxylic acids is 1. The van der Waals surface area contributed by atoms with Gasteiger partial charge in [-0.05, 0) is 82.1 Å². The number of aliphatic imine (C=N–C) groups is 3. The first-order valence-electron chi connectivity index (χ1n) is 21.3. The van der Waals surface area contributed by atoms with Crippen LogP contribution in [0.1, 0.15) is 29.5 Å². The third-order valence-corrected chi connectivity index (χ3v) is 13.9. The van der Waals surface area contributed by atoms with E-state index in [1.54, 1.807) is 6.34 Å². The summed E-state index contributed by atoms with van der Waals surface area (Å²) >= 11 is 3.93. The van der Waals surface area contributed by atoms with Gasteiger partial charge in [0.2, 0.25) is 5.91 Å². The molecule has 4 aliphatic heterocycles. The Kier molecular flexibility index (Phi) is 11.8. The molecule has 3 aromatic rings. The fraction of sp³-hybridized carbons (Fsp3) is 0.327. The number of benzene rings is 3. The van der Waals surface area contributed by atoms with Gasteiger partial charge in [-0.3, -0.25) is 24.7 Å². The molecule has 12 heteroatoms. The SMILES string of the molecule is C=C(/N=C\C(F)=C/N)c1ccc(N2CCN(C(=O)CN3CC[C@@H](C4C=CC=CC4C(c4ccccc4)(c4ccccc4)N4N=C(Br)C5=CC6=NC=NCC6CC54)C3)CC2)cc1. The molecule has 1 amide bonds. The molecule has 9 rings (SSSR count). The minimum absolute atomic E-state index is 0.0285. The lowest BCUT2D eigenvalue weighted by Crippen LogP contribution is -2.56. The molecule has 4 heterocycles. The van der Waals surface area contributed by atoms with Crippen LogP contribution in [0.4, 0.5) is 10.1 Å². The fourth-order valence-electron chi connectivity index (χ4n) is 10.3. The van der Waals surface area contributed by atoms with Crippen LogP contribution in [0.5, 0.6) is 0 Å². The highest BCUT2D eigenvalue weighted by molar-refractivity contribution is 9.18. The Balaban J connectivity index is 0.920. The van der Waals surface area contributed by atoms with Crippen molar-refractivity contribution >= 4 is 56.1 Å². The highest BCUT2D eigenvalue weighted by atomic mass is 79.9. The first-order chi connectivity index (χ1) is 29.8. The number of anilines is 1. The van der Waals surface area contributed by atoms with Crippen molar-refractivity contribution in [3.05, 3.63) is 156 Å². The summed E-state index contributed by atoms with van der Waals surface area (Å²) < 4.78 is 14.3. The van der Waals surface area contributed by atoms with Crippen molar-refractivity contribution in [2.24, 2.45) is 49.5 Å². The number of hydrogen-bond donors (Lipinski definition) is 1. The van der Waals surface area contributed by atoms with Gasteiger partial charge >= 0.3 is 0 Å². The van der Waals surface area contributed by atoms with Crippen molar-refractivity contribution in [1.29, 1.82) is 0 Å². The summed E-state index contributed by atoms with van der Waals surface area (Å²) in [6.45, 7) is 9.64. The van der Waals surface area contributed by atoms with Gasteiger partial charge in [0.05, 0.1) is 24.5 Å². The number of nitrogens with two attached hydrogens (primary N) is 1. The number of likely N-dealkylation sites (tertiary alicyclic amines) is 1. The second-order valence-corrected chi connectivity index (χ2v) is 17.4. The van der Waals surface area contributed by atoms with E-state index in [-0.39, 0.29) is 29.7 Å². The normalized spacial score (nSPS) is 25.3. The molecular weight excluding hydrogens is 830 g/mol. The number of hydrogen-bond acceptors (Lipinski definition) is 9. The van der Waals surface area contributed by atoms with Gasteiger partial charge < -0.3 is 15.5 Å². The Morgan fingerprint density at radius 3 is 2.36 bits per heavy atom. The van der Waals surface area contributed by atoms with E-state index in [9.17, 15) is 9.18 Å². The number of piperazine rings is 1. The average Bonchev–Trinajstić information content (AvgIpc) is 3.92. The maximum atomic E-state index is 13.9. The van der Waals surface area contributed by atoms with Crippen LogP contribution < -0.4 is 10.6 Å². The molecule has 0 saturated carbocycles. The molecule has 0 spiro atoms. The van der Waals surface area contributed by atoms with Crippen LogP contribution in [0.25, 0.3) is 5.70 Å². The summed E-state index contributed by atoms with van der Waals surface area (Å²) in [6.07, 6.45) is 17.0. The molecule has 3 aromatic carbocycles. The van der Waals surface area contributed by atoms with Gasteiger partial charge in [0.1, 0.15) is 16.5 Å². The summed E-state index contributed by atoms with van der Waals surface area (Å²) in [7, 11) is 0. The molecule has 4 unspecified atom stereocenters. The minimum Gasteiger partial charge on any atom is -0.402 e. The van der Waals surface area contributed by atoms with Crippen LogP contribution in [-0.2, 0) is 10.3 Å². The molecule has 0 aromatic heterocycles. The van der Waals surface area contributed by atoms with E-state index in [1.165, 1.54) is 16.7 Å². The summed E-state index contributed by atoms with van der Waals surface area (Å²) in [5, 5.41) is 7.89. The lowest BCUT2D eigenvalue weighted by molar-refractivity contribution is -0.132. The second-order valence-electron chi connectivity index (χ2n) is 16.6. The van der Waals surface area contributed by atoms with Crippen molar-refractivity contribution in [1.82, 2.24) is 14.8 Å². The van der Waals surface area contributed by atoms with E-state index in [2.05, 4.69) is 143 Å². The first kappa shape index (κ1) is 40.7. The second kappa shape index (κ2) is 17.7. The van der Waals surface area contributed by atoms with Gasteiger partial charge in [-0.2, -0.15) is 5.10 Å². The Labute approximate surface area is 366 Å². The van der Waals surface area contributed by atoms with Gasteiger partial charge in [0.15, 0.2) is 5.83 Å². The van der Waals surface area contributed by atoms with Crippen LogP contribution in [0, 0.1) is 23.7 Å². The average molecular weight is 881 g/mol. The fourth-order valence-corrected chi connectivity index (χ4v) is 10.8. The van der Waals surface area contributed by atoms with Crippen molar-refractivity contribution in [2.75, 3.05) is 57.3 Å². The zero-order chi connectivity index (χ0) is 41.9. The van der Waals surface area contributed by atoms with Crippen molar-refractivity contribution < 1.29 is 9.18 Å². The summed E-state index contributed by atoms with van der Waals surface area (Å²) in [4.78, 5) is 33.9. The van der Waals surface area contributed by atoms with E-state index in [0.29, 0.717) is 31.2 Å². The quantitative estimate of drug-likeness (QED) is 0.200. The van der Waals surface area contributed by atoms with Crippen molar-refractivity contribution in [3.8, 4) is 0 Å². The highest BCUT2D eigenvalue weighted by Gasteiger charge is 2.56. The monoisotopic (exact) mass is 879 g/mol. The van der Waals surface area contributed by atoms with Crippen LogP contribution in [-0.4, -0.2) is 102 Å². The predicted molar refractivity (Wildman–Crippen MR) is 249 cm³/mol. The Morgan fingerprint density at radius 1 is 0.951 bits per heavy atom. The van der Waals surface area contributed by atoms with E-state index < -0.39 is 11.4 Å². The van der Waals surface area contributed by atoms with E-state index in [4.69, 9.17) is 10.8 Å². The molecule has 0 bridgehead atoms. The molecule has 2 aliphatic carbocycles. The topological polar surface area (TPSA) is 105 Å². The molecule has 10 nitrogen and oxygen atoms in total. The lowest BCUT2D eigenvalue weighted by Gasteiger charge is -2.52. The van der Waals surface area contributed by atoms with Gasteiger partial charge in [0, 0.05) is 74.3 Å². The maximum absolute atomic E-state index is 13.9. The lowest BCUT2D eigenvalue weighted by atomic mass is 9.62. The van der Waals surface area contributed by atoms with Crippen molar-refractivity contribution in [2.45, 2.75) is 24.4 Å². The summed E-state index contributed by atoms with van der Waals surface area (Å²) in [5.74, 6) is 0.369. The molecular formula is C49H51BrFN9O. The molecule has 61 heavy (non-hydrogen) atoms. The third kappa shape index (κ3) is 7.99. The van der Waals surface area contributed by atoms with Gasteiger partial charge in [0.25, 0.3) is 0 Å². The van der Waals surface area contributed by atoms with Crippen LogP contribution >= 0.6 is 15.9 Å². The largest absolute Gasteiger partial charge is 0.402 e. The first-order valence-corrected chi connectivity index (χ1v) is 22.1. The number of carbonyl (C=O) groups is 1. The number of allylic oxidation sites excluding steroid dienone is 5. The van der Waals surface area contributed by atoms with Gasteiger partial charge in [-0.15, -0.1) is 0 Å². The van der Waals surface area contributed by atoms with Gasteiger partial charge in [-0.25, -0.2) is 9.38 Å². The summed E-state index contributed by atoms with van der Waals surface area (Å²) in [5.41, 5.74) is 11.5. The zero-order valence-electron chi connectivity index (χ0n) is 34.2. The summed E-state index contributed by atoms with van der Waals surface area (Å²) in [6, 6.07) is 29.8. The number of nitrogens with zero attached hydrogens (tertiary/aromatic N) is 8. The molecule has 6 aliphatic rings. The number of halogens is 2. The van der Waals surface area contributed by atoms with E-state index in [1.807, 2.05) is 29.2 Å². The zero-order valence-corrected chi connectivity index (χ0v) is 35.8. The molecule has 5 atom stereocenters. The Hall–Kier alpha value is -5.72. The molecule has 0 radical (unpaired) electrons. The molecule has 2 fully saturated rings. The number of amides is 1. The number of rotatable bonds is 11. The molecule has 2 N–H and O–H groups in total. The highest BCUT2D eigenvalue weighted by Crippen LogP contribution is 2.54. The van der Waals surface area contributed by atoms with E-state index >= 15 is 0 Å². The minimum atomic E-state index is -0.646. The van der Waals surface area contributed by atoms with Crippen LogP contribution in [0.2, 0.25) is 0 Å². The standard InChI is InChI=1S/C49H51BrFN9O/c1-34(54-30-40(51)28-52)35-16-18-41(19-17-35)58-22-24-59(25-23-58)47(61)32-57-21-20-36(31-57)42-14-8-9-15-44(42)49(38-10-4-2-5-11-38,39-12-6-3-7-13-39)60-46-26-37-29-53-33-55-45(37)27-43(46)48(50)56-60/h2-19,27-28,30,33,36-37,42,44,46H,1,20-26,29,31-32,52H2/b40-28+,54-30-/t36-,37?,42?,44?,46?/m1/s1. The Morgan fingerprint density at radius 2 is 1.66 bits per heavy atom. The molecule has 2 saturated heterocycles. The maximum Gasteiger partial charge on any atom is 0.236 e. The number of hydrazone groups is 1. The molecule has 312 valence electrons.